The first-order valence-corrected chi connectivity index (χ1v) is 5.72. The summed E-state index contributed by atoms with van der Waals surface area (Å²) in [6.07, 6.45) is 7.87. The fraction of sp³-hybridized carbons (Fsp3) is 1.00. The minimum Gasteiger partial charge on any atom is -0.161 e. The predicted octanol–water partition coefficient (Wildman–Crippen LogP) is 3.06. The predicted molar refractivity (Wildman–Crippen MR) is 48.5 cm³/mol. The first kappa shape index (κ1) is 7.93. The van der Waals surface area contributed by atoms with Crippen LogP contribution in [-0.4, -0.2) is 16.3 Å². The van der Waals surface area contributed by atoms with Gasteiger partial charge in [0.2, 0.25) is 0 Å². The maximum Gasteiger partial charge on any atom is 0.0264 e. The lowest BCUT2D eigenvalue weighted by atomic mass is 10.0. The maximum atomic E-state index is 3.69. The number of hydrogen-bond donors (Lipinski definition) is 0. The summed E-state index contributed by atoms with van der Waals surface area (Å²) < 4.78 is 0. The molecule has 0 radical (unpaired) electrons. The highest BCUT2D eigenvalue weighted by Crippen LogP contribution is 2.31. The molecular formula is C7H13BrS. The largest absolute Gasteiger partial charge is 0.161 e. The standard InChI is InChI=1S/C7H13BrS/c1-9-7-5-3-2-4-6(7)8/h6-7H,2-5H2,1H3/t6-,7-/m1/s1. The van der Waals surface area contributed by atoms with E-state index < -0.39 is 0 Å². The zero-order valence-corrected chi connectivity index (χ0v) is 8.17. The van der Waals surface area contributed by atoms with Crippen molar-refractivity contribution in [2.75, 3.05) is 6.26 Å². The van der Waals surface area contributed by atoms with E-state index in [9.17, 15) is 0 Å². The summed E-state index contributed by atoms with van der Waals surface area (Å²) in [5, 5.41) is 0.888. The molecule has 54 valence electrons. The molecule has 0 aromatic rings. The molecule has 0 aromatic carbocycles. The molecule has 0 unspecified atom stereocenters. The molecule has 9 heavy (non-hydrogen) atoms. The van der Waals surface area contributed by atoms with Crippen LogP contribution in [0.25, 0.3) is 0 Å². The quantitative estimate of drug-likeness (QED) is 0.598. The average Bonchev–Trinajstić information content (AvgIpc) is 1.89. The molecule has 1 aliphatic rings. The molecule has 1 fully saturated rings. The summed E-state index contributed by atoms with van der Waals surface area (Å²) in [7, 11) is 0. The van der Waals surface area contributed by atoms with Gasteiger partial charge in [-0.3, -0.25) is 0 Å². The fourth-order valence-electron chi connectivity index (χ4n) is 1.32. The second-order valence-corrected chi connectivity index (χ2v) is 4.83. The van der Waals surface area contributed by atoms with Crippen molar-refractivity contribution in [2.45, 2.75) is 35.8 Å². The van der Waals surface area contributed by atoms with Crippen LogP contribution in [0.1, 0.15) is 25.7 Å². The molecular weight excluding hydrogens is 196 g/mol. The molecule has 1 saturated carbocycles. The van der Waals surface area contributed by atoms with Crippen LogP contribution in [0.5, 0.6) is 0 Å². The molecule has 0 amide bonds. The van der Waals surface area contributed by atoms with E-state index in [2.05, 4.69) is 22.2 Å². The van der Waals surface area contributed by atoms with Crippen LogP contribution in [-0.2, 0) is 0 Å². The monoisotopic (exact) mass is 208 g/mol. The highest BCUT2D eigenvalue weighted by Gasteiger charge is 2.20. The third-order valence-corrected chi connectivity index (χ3v) is 4.54. The van der Waals surface area contributed by atoms with Crippen molar-refractivity contribution < 1.29 is 0 Å². The van der Waals surface area contributed by atoms with E-state index in [1.807, 2.05) is 11.8 Å². The molecule has 0 N–H and O–H groups in total. The van der Waals surface area contributed by atoms with Crippen molar-refractivity contribution in [3.8, 4) is 0 Å². The minimum atomic E-state index is 0.793. The van der Waals surface area contributed by atoms with Crippen LogP contribution in [0.15, 0.2) is 0 Å². The summed E-state index contributed by atoms with van der Waals surface area (Å²) in [6.45, 7) is 0. The number of hydrogen-bond acceptors (Lipinski definition) is 1. The van der Waals surface area contributed by atoms with Crippen LogP contribution in [0.3, 0.4) is 0 Å². The third-order valence-electron chi connectivity index (χ3n) is 1.92. The first-order valence-electron chi connectivity index (χ1n) is 3.51. The topological polar surface area (TPSA) is 0 Å². The Morgan fingerprint density at radius 2 is 2.00 bits per heavy atom. The van der Waals surface area contributed by atoms with E-state index in [0.717, 1.165) is 10.1 Å². The lowest BCUT2D eigenvalue weighted by Crippen LogP contribution is -2.20. The maximum absolute atomic E-state index is 3.69. The number of halogens is 1. The van der Waals surface area contributed by atoms with Gasteiger partial charge >= 0.3 is 0 Å². The Hall–Kier alpha value is 0.830. The number of rotatable bonds is 1. The van der Waals surface area contributed by atoms with Crippen molar-refractivity contribution in [1.82, 2.24) is 0 Å². The van der Waals surface area contributed by atoms with Crippen molar-refractivity contribution in [1.29, 1.82) is 0 Å². The van der Waals surface area contributed by atoms with Crippen LogP contribution >= 0.6 is 27.7 Å². The summed E-state index contributed by atoms with van der Waals surface area (Å²) in [5.74, 6) is 0. The van der Waals surface area contributed by atoms with Gasteiger partial charge in [0.1, 0.15) is 0 Å². The highest BCUT2D eigenvalue weighted by molar-refractivity contribution is 9.09. The van der Waals surface area contributed by atoms with E-state index in [1.165, 1.54) is 25.7 Å². The molecule has 1 rings (SSSR count). The zero-order chi connectivity index (χ0) is 6.69. The Kier molecular flexibility index (Phi) is 3.41. The summed E-state index contributed by atoms with van der Waals surface area (Å²) in [4.78, 5) is 0.793. The lowest BCUT2D eigenvalue weighted by Gasteiger charge is -2.25. The van der Waals surface area contributed by atoms with Crippen LogP contribution in [0, 0.1) is 0 Å². The van der Waals surface area contributed by atoms with Crippen LogP contribution in [0.2, 0.25) is 0 Å². The van der Waals surface area contributed by atoms with Gasteiger partial charge in [-0.2, -0.15) is 11.8 Å². The Morgan fingerprint density at radius 3 is 2.44 bits per heavy atom. The summed E-state index contributed by atoms with van der Waals surface area (Å²) in [5.41, 5.74) is 0. The third kappa shape index (κ3) is 2.15. The Balaban J connectivity index is 2.30. The zero-order valence-electron chi connectivity index (χ0n) is 5.77. The molecule has 0 saturated heterocycles. The van der Waals surface area contributed by atoms with E-state index in [-0.39, 0.29) is 0 Å². The molecule has 0 aromatic heterocycles. The first-order chi connectivity index (χ1) is 4.34. The second-order valence-electron chi connectivity index (χ2n) is 2.57. The normalized spacial score (nSPS) is 36.7. The van der Waals surface area contributed by atoms with E-state index in [1.54, 1.807) is 0 Å². The molecule has 0 spiro atoms. The average molecular weight is 209 g/mol. The second kappa shape index (κ2) is 3.87. The van der Waals surface area contributed by atoms with Crippen LogP contribution < -0.4 is 0 Å². The highest BCUT2D eigenvalue weighted by atomic mass is 79.9. The lowest BCUT2D eigenvalue weighted by molar-refractivity contribution is 0.533. The van der Waals surface area contributed by atoms with Gasteiger partial charge in [0.15, 0.2) is 0 Å². The Labute approximate surface area is 69.9 Å². The summed E-state index contributed by atoms with van der Waals surface area (Å²) >= 11 is 5.70. The van der Waals surface area contributed by atoms with Crippen molar-refractivity contribution in [2.24, 2.45) is 0 Å². The van der Waals surface area contributed by atoms with Gasteiger partial charge in [-0.1, -0.05) is 28.8 Å². The van der Waals surface area contributed by atoms with Gasteiger partial charge < -0.3 is 0 Å². The smallest absolute Gasteiger partial charge is 0.0264 e. The van der Waals surface area contributed by atoms with Gasteiger partial charge in [-0.15, -0.1) is 0 Å². The van der Waals surface area contributed by atoms with E-state index in [4.69, 9.17) is 0 Å². The molecule has 2 atom stereocenters. The SMILES string of the molecule is CS[C@@H]1CCCC[C@H]1Br. The van der Waals surface area contributed by atoms with Crippen molar-refractivity contribution in [3.05, 3.63) is 0 Å². The molecule has 0 nitrogen and oxygen atoms in total. The van der Waals surface area contributed by atoms with E-state index in [0.29, 0.717) is 0 Å². The van der Waals surface area contributed by atoms with Crippen molar-refractivity contribution in [3.63, 3.8) is 0 Å². The Morgan fingerprint density at radius 1 is 1.33 bits per heavy atom. The number of thioether (sulfide) groups is 1. The molecule has 0 aliphatic heterocycles. The minimum absolute atomic E-state index is 0.793. The van der Waals surface area contributed by atoms with Gasteiger partial charge in [0.25, 0.3) is 0 Å². The van der Waals surface area contributed by atoms with Crippen LogP contribution in [0.4, 0.5) is 0 Å². The van der Waals surface area contributed by atoms with Gasteiger partial charge in [-0.05, 0) is 19.1 Å². The Bertz CT molecular complexity index is 85.0. The molecule has 0 bridgehead atoms. The summed E-state index contributed by atoms with van der Waals surface area (Å²) in [6, 6.07) is 0. The fourth-order valence-corrected chi connectivity index (χ4v) is 3.39. The van der Waals surface area contributed by atoms with Gasteiger partial charge in [0, 0.05) is 10.1 Å². The van der Waals surface area contributed by atoms with Crippen molar-refractivity contribution >= 4 is 27.7 Å². The van der Waals surface area contributed by atoms with E-state index >= 15 is 0 Å². The number of alkyl halides is 1. The van der Waals surface area contributed by atoms with Gasteiger partial charge in [0.05, 0.1) is 0 Å². The molecule has 2 heteroatoms. The van der Waals surface area contributed by atoms with Gasteiger partial charge in [-0.25, -0.2) is 0 Å². The molecule has 0 heterocycles. The molecule has 1 aliphatic carbocycles.